The number of carbonyl (C=O) groups is 1. The molecule has 1 aliphatic rings. The fraction of sp³-hybridized carbons (Fsp3) is 0.545. The number of halogens is 1. The average molecular weight is 244 g/mol. The second-order valence-corrected chi connectivity index (χ2v) is 5.48. The van der Waals surface area contributed by atoms with Crippen molar-refractivity contribution >= 4 is 28.8 Å². The molecule has 0 N–H and O–H groups in total. The number of hydrogen-bond acceptors (Lipinski definition) is 2. The molecule has 0 bridgehead atoms. The number of amides is 1. The summed E-state index contributed by atoms with van der Waals surface area (Å²) in [6, 6.07) is 1.76. The molecule has 1 aliphatic heterocycles. The molecule has 1 atom stereocenters. The summed E-state index contributed by atoms with van der Waals surface area (Å²) in [6.45, 7) is 3.97. The predicted molar refractivity (Wildman–Crippen MR) is 63.6 cm³/mol. The normalized spacial score (nSPS) is 21.7. The van der Waals surface area contributed by atoms with Crippen LogP contribution in [0.3, 0.4) is 0 Å². The van der Waals surface area contributed by atoms with E-state index < -0.39 is 0 Å². The fourth-order valence-corrected chi connectivity index (χ4v) is 2.99. The van der Waals surface area contributed by atoms with Crippen molar-refractivity contribution in [3.05, 3.63) is 21.3 Å². The van der Waals surface area contributed by atoms with Crippen LogP contribution in [0.1, 0.15) is 29.4 Å². The first-order valence-electron chi connectivity index (χ1n) is 5.20. The highest BCUT2D eigenvalue weighted by Gasteiger charge is 2.22. The zero-order chi connectivity index (χ0) is 10.8. The second-order valence-electron chi connectivity index (χ2n) is 4.13. The number of hydrogen-bond donors (Lipinski definition) is 0. The molecular formula is C11H14ClNOS. The van der Waals surface area contributed by atoms with E-state index in [0.717, 1.165) is 24.4 Å². The zero-order valence-corrected chi connectivity index (χ0v) is 10.3. The molecule has 15 heavy (non-hydrogen) atoms. The lowest BCUT2D eigenvalue weighted by atomic mass is 10.0. The molecular weight excluding hydrogens is 230 g/mol. The Bertz CT molecular complexity index is 363. The third-order valence-corrected chi connectivity index (χ3v) is 3.99. The minimum absolute atomic E-state index is 0.137. The Hall–Kier alpha value is -0.540. The SMILES string of the molecule is CC1CCCN(C(=O)c2cc(Cl)cs2)C1. The molecule has 0 saturated carbocycles. The van der Waals surface area contributed by atoms with Gasteiger partial charge in [0.1, 0.15) is 0 Å². The van der Waals surface area contributed by atoms with Gasteiger partial charge in [-0.1, -0.05) is 18.5 Å². The molecule has 2 nitrogen and oxygen atoms in total. The highest BCUT2D eigenvalue weighted by molar-refractivity contribution is 7.12. The smallest absolute Gasteiger partial charge is 0.263 e. The van der Waals surface area contributed by atoms with Crippen molar-refractivity contribution < 1.29 is 4.79 Å². The summed E-state index contributed by atoms with van der Waals surface area (Å²) in [4.78, 5) is 14.7. The van der Waals surface area contributed by atoms with Gasteiger partial charge in [-0.15, -0.1) is 11.3 Å². The quantitative estimate of drug-likeness (QED) is 0.741. The van der Waals surface area contributed by atoms with Crippen molar-refractivity contribution in [2.75, 3.05) is 13.1 Å². The largest absolute Gasteiger partial charge is 0.338 e. The number of thiophene rings is 1. The molecule has 1 unspecified atom stereocenters. The van der Waals surface area contributed by atoms with Gasteiger partial charge in [0.15, 0.2) is 0 Å². The summed E-state index contributed by atoms with van der Waals surface area (Å²) in [5, 5.41) is 2.47. The number of carbonyl (C=O) groups excluding carboxylic acids is 1. The monoisotopic (exact) mass is 243 g/mol. The van der Waals surface area contributed by atoms with Crippen LogP contribution < -0.4 is 0 Å². The summed E-state index contributed by atoms with van der Waals surface area (Å²) in [6.07, 6.45) is 2.35. The van der Waals surface area contributed by atoms with Gasteiger partial charge in [-0.3, -0.25) is 4.79 Å². The predicted octanol–water partition coefficient (Wildman–Crippen LogP) is 3.27. The van der Waals surface area contributed by atoms with E-state index in [9.17, 15) is 4.79 Å². The number of likely N-dealkylation sites (tertiary alicyclic amines) is 1. The van der Waals surface area contributed by atoms with Gasteiger partial charge in [-0.2, -0.15) is 0 Å². The van der Waals surface area contributed by atoms with E-state index in [1.165, 1.54) is 17.8 Å². The van der Waals surface area contributed by atoms with Crippen LogP contribution in [0, 0.1) is 5.92 Å². The summed E-state index contributed by atoms with van der Waals surface area (Å²) < 4.78 is 0. The molecule has 0 radical (unpaired) electrons. The Kier molecular flexibility index (Phi) is 3.32. The van der Waals surface area contributed by atoms with Crippen molar-refractivity contribution in [1.29, 1.82) is 0 Å². The molecule has 82 valence electrons. The van der Waals surface area contributed by atoms with Crippen molar-refractivity contribution in [3.63, 3.8) is 0 Å². The zero-order valence-electron chi connectivity index (χ0n) is 8.70. The van der Waals surface area contributed by atoms with Gasteiger partial charge in [0.2, 0.25) is 0 Å². The topological polar surface area (TPSA) is 20.3 Å². The lowest BCUT2D eigenvalue weighted by Crippen LogP contribution is -2.38. The van der Waals surface area contributed by atoms with Gasteiger partial charge in [-0.25, -0.2) is 0 Å². The molecule has 1 amide bonds. The van der Waals surface area contributed by atoms with E-state index in [1.54, 1.807) is 6.07 Å². The second kappa shape index (κ2) is 4.54. The molecule has 1 aromatic heterocycles. The van der Waals surface area contributed by atoms with Crippen molar-refractivity contribution in [1.82, 2.24) is 4.90 Å². The van der Waals surface area contributed by atoms with Crippen LogP contribution in [0.2, 0.25) is 5.02 Å². The van der Waals surface area contributed by atoms with Crippen molar-refractivity contribution in [2.45, 2.75) is 19.8 Å². The molecule has 0 spiro atoms. The van der Waals surface area contributed by atoms with Crippen molar-refractivity contribution in [3.8, 4) is 0 Å². The Morgan fingerprint density at radius 1 is 1.67 bits per heavy atom. The lowest BCUT2D eigenvalue weighted by Gasteiger charge is -2.30. The Balaban J connectivity index is 2.07. The first kappa shape index (κ1) is 11.0. The van der Waals surface area contributed by atoms with Gasteiger partial charge in [0, 0.05) is 18.5 Å². The standard InChI is InChI=1S/C11H14ClNOS/c1-8-3-2-4-13(6-8)11(14)10-5-9(12)7-15-10/h5,7-8H,2-4,6H2,1H3. The number of nitrogens with zero attached hydrogens (tertiary/aromatic N) is 1. The number of rotatable bonds is 1. The Morgan fingerprint density at radius 2 is 2.47 bits per heavy atom. The van der Waals surface area contributed by atoms with E-state index in [2.05, 4.69) is 6.92 Å². The maximum atomic E-state index is 12.0. The van der Waals surface area contributed by atoms with Gasteiger partial charge in [-0.05, 0) is 24.8 Å². The molecule has 0 aromatic carbocycles. The van der Waals surface area contributed by atoms with Crippen LogP contribution >= 0.6 is 22.9 Å². The van der Waals surface area contributed by atoms with Crippen LogP contribution in [0.15, 0.2) is 11.4 Å². The van der Waals surface area contributed by atoms with E-state index in [-0.39, 0.29) is 5.91 Å². The minimum Gasteiger partial charge on any atom is -0.338 e. The molecule has 0 aliphatic carbocycles. The molecule has 1 aromatic rings. The summed E-state index contributed by atoms with van der Waals surface area (Å²) >= 11 is 7.24. The molecule has 2 heterocycles. The van der Waals surface area contributed by atoms with Crippen molar-refractivity contribution in [2.24, 2.45) is 5.92 Å². The highest BCUT2D eigenvalue weighted by Crippen LogP contribution is 2.23. The van der Waals surface area contributed by atoms with Crippen LogP contribution in [0.5, 0.6) is 0 Å². The first-order chi connectivity index (χ1) is 7.16. The van der Waals surface area contributed by atoms with Crippen LogP contribution in [-0.2, 0) is 0 Å². The van der Waals surface area contributed by atoms with Crippen LogP contribution in [0.25, 0.3) is 0 Å². The lowest BCUT2D eigenvalue weighted by molar-refractivity contribution is 0.0688. The van der Waals surface area contributed by atoms with Crippen LogP contribution in [0.4, 0.5) is 0 Å². The third kappa shape index (κ3) is 2.52. The third-order valence-electron chi connectivity index (χ3n) is 2.72. The minimum atomic E-state index is 0.137. The van der Waals surface area contributed by atoms with Crippen LogP contribution in [-0.4, -0.2) is 23.9 Å². The van der Waals surface area contributed by atoms with E-state index in [1.807, 2.05) is 10.3 Å². The number of piperidine rings is 1. The summed E-state index contributed by atoms with van der Waals surface area (Å²) in [5.41, 5.74) is 0. The van der Waals surface area contributed by atoms with E-state index in [0.29, 0.717) is 10.9 Å². The van der Waals surface area contributed by atoms with Gasteiger partial charge in [0.05, 0.1) is 9.90 Å². The molecule has 2 rings (SSSR count). The summed E-state index contributed by atoms with van der Waals surface area (Å²) in [7, 11) is 0. The van der Waals surface area contributed by atoms with Gasteiger partial charge in [0.25, 0.3) is 5.91 Å². The maximum Gasteiger partial charge on any atom is 0.263 e. The van der Waals surface area contributed by atoms with Gasteiger partial charge >= 0.3 is 0 Å². The first-order valence-corrected chi connectivity index (χ1v) is 6.46. The molecule has 1 saturated heterocycles. The Morgan fingerprint density at radius 3 is 3.07 bits per heavy atom. The van der Waals surface area contributed by atoms with Gasteiger partial charge < -0.3 is 4.90 Å². The van der Waals surface area contributed by atoms with E-state index in [4.69, 9.17) is 11.6 Å². The maximum absolute atomic E-state index is 12.0. The molecule has 4 heteroatoms. The Labute approximate surface area is 98.8 Å². The highest BCUT2D eigenvalue weighted by atomic mass is 35.5. The average Bonchev–Trinajstić information content (AvgIpc) is 2.64. The molecule has 1 fully saturated rings. The van der Waals surface area contributed by atoms with E-state index >= 15 is 0 Å². The summed E-state index contributed by atoms with van der Waals surface area (Å²) in [5.74, 6) is 0.761. The fourth-order valence-electron chi connectivity index (χ4n) is 1.95.